The Balaban J connectivity index is 1.84. The second kappa shape index (κ2) is 7.43. The molecular weight excluding hydrogens is 322 g/mol. The van der Waals surface area contributed by atoms with Crippen LogP contribution in [0.25, 0.3) is 0 Å². The molecule has 0 aliphatic carbocycles. The average molecular weight is 339 g/mol. The van der Waals surface area contributed by atoms with Crippen LogP contribution in [0.5, 0.6) is 11.5 Å². The van der Waals surface area contributed by atoms with Crippen LogP contribution in [0.2, 0.25) is 0 Å². The lowest BCUT2D eigenvalue weighted by Gasteiger charge is -2.14. The lowest BCUT2D eigenvalue weighted by atomic mass is 9.97. The van der Waals surface area contributed by atoms with Gasteiger partial charge in [-0.05, 0) is 36.2 Å². The van der Waals surface area contributed by atoms with Crippen molar-refractivity contribution < 1.29 is 14.6 Å². The van der Waals surface area contributed by atoms with Gasteiger partial charge in [0.2, 0.25) is 5.91 Å². The second-order valence-electron chi connectivity index (χ2n) is 5.39. The predicted molar refractivity (Wildman–Crippen MR) is 90.4 cm³/mol. The van der Waals surface area contributed by atoms with Crippen LogP contribution in [-0.4, -0.2) is 38.7 Å². The topological polar surface area (TPSA) is 113 Å². The maximum Gasteiger partial charge on any atom is 0.235 e. The van der Waals surface area contributed by atoms with E-state index in [1.165, 1.54) is 13.2 Å². The highest BCUT2D eigenvalue weighted by molar-refractivity contribution is 5.95. The van der Waals surface area contributed by atoms with Crippen LogP contribution in [0.15, 0.2) is 48.5 Å². The number of rotatable bonds is 6. The number of hydrogen-bond donors (Lipinski definition) is 3. The van der Waals surface area contributed by atoms with Crippen LogP contribution >= 0.6 is 0 Å². The summed E-state index contributed by atoms with van der Waals surface area (Å²) < 4.78 is 5.11. The van der Waals surface area contributed by atoms with Crippen molar-refractivity contribution in [3.63, 3.8) is 0 Å². The summed E-state index contributed by atoms with van der Waals surface area (Å²) >= 11 is 0. The van der Waals surface area contributed by atoms with E-state index in [1.807, 2.05) is 18.2 Å². The summed E-state index contributed by atoms with van der Waals surface area (Å²) in [6.45, 7) is 0. The van der Waals surface area contributed by atoms with E-state index in [2.05, 4.69) is 25.9 Å². The van der Waals surface area contributed by atoms with E-state index in [9.17, 15) is 9.90 Å². The van der Waals surface area contributed by atoms with E-state index in [-0.39, 0.29) is 11.7 Å². The Morgan fingerprint density at radius 2 is 2.08 bits per heavy atom. The molecule has 0 saturated carbocycles. The molecule has 0 unspecified atom stereocenters. The lowest BCUT2D eigenvalue weighted by Crippen LogP contribution is -2.24. The Morgan fingerprint density at radius 3 is 2.76 bits per heavy atom. The van der Waals surface area contributed by atoms with Crippen molar-refractivity contribution in [3.05, 3.63) is 59.9 Å². The fourth-order valence-electron chi connectivity index (χ4n) is 2.45. The van der Waals surface area contributed by atoms with Crippen molar-refractivity contribution in [2.75, 3.05) is 12.4 Å². The molecule has 0 spiro atoms. The Morgan fingerprint density at radius 1 is 1.28 bits per heavy atom. The Hall–Kier alpha value is -3.42. The number of benzene rings is 2. The standard InChI is InChI=1S/C17H17N5O3/c1-25-15-10-11(7-8-14(15)23)9-13(16-19-21-22-20-16)17(24)18-12-5-3-2-4-6-12/h2-8,10,13,23H,9H2,1H3,(H,18,24)(H,19,20,21,22)/t13-/m0/s1. The number of aromatic amines is 1. The van der Waals surface area contributed by atoms with Crippen LogP contribution in [0.1, 0.15) is 17.3 Å². The van der Waals surface area contributed by atoms with Gasteiger partial charge in [0.05, 0.1) is 7.11 Å². The molecule has 0 saturated heterocycles. The molecule has 0 aliphatic heterocycles. The highest BCUT2D eigenvalue weighted by atomic mass is 16.5. The number of tetrazole rings is 1. The van der Waals surface area contributed by atoms with E-state index in [0.717, 1.165) is 5.56 Å². The van der Waals surface area contributed by atoms with Gasteiger partial charge in [0.25, 0.3) is 0 Å². The Kier molecular flexibility index (Phi) is 4.89. The molecule has 3 aromatic rings. The number of amides is 1. The summed E-state index contributed by atoms with van der Waals surface area (Å²) in [5, 5.41) is 26.4. The summed E-state index contributed by atoms with van der Waals surface area (Å²) in [6.07, 6.45) is 0.328. The van der Waals surface area contributed by atoms with Crippen LogP contribution in [0, 0.1) is 0 Å². The molecule has 0 bridgehead atoms. The molecule has 3 rings (SSSR count). The van der Waals surface area contributed by atoms with Gasteiger partial charge in [-0.1, -0.05) is 29.5 Å². The number of carbonyl (C=O) groups excluding carboxylic acids is 1. The van der Waals surface area contributed by atoms with Crippen LogP contribution in [0.4, 0.5) is 5.69 Å². The number of carbonyl (C=O) groups is 1. The zero-order valence-electron chi connectivity index (χ0n) is 13.5. The van der Waals surface area contributed by atoms with Crippen LogP contribution in [-0.2, 0) is 11.2 Å². The normalized spacial score (nSPS) is 11.7. The molecule has 8 nitrogen and oxygen atoms in total. The molecule has 2 aromatic carbocycles. The first-order chi connectivity index (χ1) is 12.2. The highest BCUT2D eigenvalue weighted by Crippen LogP contribution is 2.29. The quantitative estimate of drug-likeness (QED) is 0.632. The minimum absolute atomic E-state index is 0.0381. The number of ether oxygens (including phenoxy) is 1. The molecule has 1 amide bonds. The maximum atomic E-state index is 12.7. The van der Waals surface area contributed by atoms with Gasteiger partial charge < -0.3 is 15.2 Å². The van der Waals surface area contributed by atoms with Gasteiger partial charge in [-0.3, -0.25) is 4.79 Å². The van der Waals surface area contributed by atoms with Gasteiger partial charge in [0, 0.05) is 5.69 Å². The van der Waals surface area contributed by atoms with Gasteiger partial charge in [0.15, 0.2) is 17.3 Å². The number of H-pyrrole nitrogens is 1. The minimum Gasteiger partial charge on any atom is -0.504 e. The van der Waals surface area contributed by atoms with Crippen LogP contribution < -0.4 is 10.1 Å². The summed E-state index contributed by atoms with van der Waals surface area (Å²) in [5.74, 6) is -0.225. The van der Waals surface area contributed by atoms with Gasteiger partial charge in [-0.15, -0.1) is 10.2 Å². The molecule has 3 N–H and O–H groups in total. The smallest absolute Gasteiger partial charge is 0.235 e. The number of para-hydroxylation sites is 1. The number of phenolic OH excluding ortho intramolecular Hbond substituents is 1. The van der Waals surface area contributed by atoms with Crippen LogP contribution in [0.3, 0.4) is 0 Å². The molecule has 0 fully saturated rings. The van der Waals surface area contributed by atoms with Crippen molar-refractivity contribution in [1.29, 1.82) is 0 Å². The van der Waals surface area contributed by atoms with Gasteiger partial charge in [-0.2, -0.15) is 5.21 Å². The van der Waals surface area contributed by atoms with E-state index in [4.69, 9.17) is 4.74 Å². The third-order valence-electron chi connectivity index (χ3n) is 3.72. The number of anilines is 1. The number of aromatic nitrogens is 4. The zero-order chi connectivity index (χ0) is 17.6. The fraction of sp³-hybridized carbons (Fsp3) is 0.176. The van der Waals surface area contributed by atoms with Gasteiger partial charge >= 0.3 is 0 Å². The lowest BCUT2D eigenvalue weighted by molar-refractivity contribution is -0.117. The van der Waals surface area contributed by atoms with E-state index >= 15 is 0 Å². The molecule has 8 heteroatoms. The number of nitrogens with one attached hydrogen (secondary N) is 2. The highest BCUT2D eigenvalue weighted by Gasteiger charge is 2.26. The molecule has 1 atom stereocenters. The molecule has 1 aromatic heterocycles. The number of phenols is 1. The molecule has 25 heavy (non-hydrogen) atoms. The summed E-state index contributed by atoms with van der Waals surface area (Å²) in [4.78, 5) is 12.7. The first-order valence-corrected chi connectivity index (χ1v) is 7.62. The molecule has 1 heterocycles. The Bertz CT molecular complexity index is 837. The molecule has 0 aliphatic rings. The van der Waals surface area contributed by atoms with Crippen molar-refractivity contribution >= 4 is 11.6 Å². The first-order valence-electron chi connectivity index (χ1n) is 7.62. The van der Waals surface area contributed by atoms with Gasteiger partial charge in [-0.25, -0.2) is 0 Å². The van der Waals surface area contributed by atoms with Crippen molar-refractivity contribution in [2.24, 2.45) is 0 Å². The maximum absolute atomic E-state index is 12.7. The molecule has 0 radical (unpaired) electrons. The summed E-state index contributed by atoms with van der Waals surface area (Å²) in [6, 6.07) is 14.1. The summed E-state index contributed by atoms with van der Waals surface area (Å²) in [7, 11) is 1.47. The third-order valence-corrected chi connectivity index (χ3v) is 3.72. The van der Waals surface area contributed by atoms with E-state index < -0.39 is 5.92 Å². The number of methoxy groups -OCH3 is 1. The number of hydrogen-bond acceptors (Lipinski definition) is 6. The van der Waals surface area contributed by atoms with E-state index in [0.29, 0.717) is 23.7 Å². The van der Waals surface area contributed by atoms with Gasteiger partial charge in [0.1, 0.15) is 5.92 Å². The predicted octanol–water partition coefficient (Wildman–Crippen LogP) is 1.88. The minimum atomic E-state index is -0.645. The monoisotopic (exact) mass is 339 g/mol. The zero-order valence-corrected chi connectivity index (χ0v) is 13.5. The third kappa shape index (κ3) is 3.92. The fourth-order valence-corrected chi connectivity index (χ4v) is 2.45. The largest absolute Gasteiger partial charge is 0.504 e. The number of aromatic hydroxyl groups is 1. The molecular formula is C17H17N5O3. The number of nitrogens with zero attached hydrogens (tertiary/aromatic N) is 3. The van der Waals surface area contributed by atoms with Crippen molar-refractivity contribution in [2.45, 2.75) is 12.3 Å². The average Bonchev–Trinajstić information content (AvgIpc) is 3.16. The SMILES string of the molecule is COc1cc(C[C@H](C(=O)Nc2ccccc2)c2nn[nH]n2)ccc1O. The molecule has 128 valence electrons. The summed E-state index contributed by atoms with van der Waals surface area (Å²) in [5.41, 5.74) is 1.48. The second-order valence-corrected chi connectivity index (χ2v) is 5.39. The van der Waals surface area contributed by atoms with Crippen molar-refractivity contribution in [3.8, 4) is 11.5 Å². The first kappa shape index (κ1) is 16.4. The Labute approximate surface area is 143 Å². The van der Waals surface area contributed by atoms with E-state index in [1.54, 1.807) is 24.3 Å². The van der Waals surface area contributed by atoms with Crippen molar-refractivity contribution in [1.82, 2.24) is 20.6 Å².